The molecule has 118 valence electrons. The van der Waals surface area contributed by atoms with E-state index >= 15 is 0 Å². The van der Waals surface area contributed by atoms with E-state index in [4.69, 9.17) is 17.3 Å². The van der Waals surface area contributed by atoms with Crippen molar-refractivity contribution in [2.45, 2.75) is 46.0 Å². The zero-order chi connectivity index (χ0) is 15.9. The van der Waals surface area contributed by atoms with Crippen LogP contribution in [0.3, 0.4) is 0 Å². The van der Waals surface area contributed by atoms with Gasteiger partial charge in [-0.25, -0.2) is 0 Å². The van der Waals surface area contributed by atoms with Crippen molar-refractivity contribution in [3.8, 4) is 0 Å². The summed E-state index contributed by atoms with van der Waals surface area (Å²) in [6.45, 7) is 5.08. The fourth-order valence-corrected chi connectivity index (χ4v) is 1.83. The van der Waals surface area contributed by atoms with Gasteiger partial charge in [-0.05, 0) is 51.2 Å². The number of rotatable bonds is 6. The van der Waals surface area contributed by atoms with Gasteiger partial charge in [0.25, 0.3) is 0 Å². The van der Waals surface area contributed by atoms with Crippen molar-refractivity contribution in [3.05, 3.63) is 46.8 Å². The molecule has 0 aliphatic heterocycles. The van der Waals surface area contributed by atoms with Crippen LogP contribution in [0.2, 0.25) is 0 Å². The molecule has 0 aromatic heterocycles. The second-order valence-electron chi connectivity index (χ2n) is 4.69. The van der Waals surface area contributed by atoms with Crippen LogP contribution in [0.4, 0.5) is 0 Å². The van der Waals surface area contributed by atoms with Crippen LogP contribution in [0.1, 0.15) is 46.0 Å². The van der Waals surface area contributed by atoms with Crippen molar-refractivity contribution >= 4 is 17.9 Å². The Morgan fingerprint density at radius 1 is 1.29 bits per heavy atom. The van der Waals surface area contributed by atoms with Crippen molar-refractivity contribution in [1.29, 1.82) is 0 Å². The summed E-state index contributed by atoms with van der Waals surface area (Å²) in [7, 11) is 0. The highest BCUT2D eigenvalue weighted by molar-refractivity contribution is 6.31. The Balaban J connectivity index is 0.000000384. The zero-order valence-corrected chi connectivity index (χ0v) is 13.8. The Morgan fingerprint density at radius 2 is 2.00 bits per heavy atom. The molecular formula is C17H27ClN2O. The van der Waals surface area contributed by atoms with E-state index in [0.29, 0.717) is 11.3 Å². The number of carbonyl (C=O) groups is 1. The third-order valence-corrected chi connectivity index (χ3v) is 3.28. The smallest absolute Gasteiger partial charge is 0.142 e. The quantitative estimate of drug-likeness (QED) is 0.440. The van der Waals surface area contributed by atoms with Crippen LogP contribution in [0, 0.1) is 0 Å². The fraction of sp³-hybridized carbons (Fsp3) is 0.471. The summed E-state index contributed by atoms with van der Waals surface area (Å²) in [5, 5.41) is 4.04. The lowest BCUT2D eigenvalue weighted by atomic mass is 10.0. The molecule has 0 spiro atoms. The molecule has 0 amide bonds. The number of carbonyl (C=O) groups excluding carboxylic acids is 1. The van der Waals surface area contributed by atoms with Crippen molar-refractivity contribution in [1.82, 2.24) is 5.32 Å². The van der Waals surface area contributed by atoms with Crippen molar-refractivity contribution in [2.75, 3.05) is 6.54 Å². The molecule has 0 saturated carbocycles. The van der Waals surface area contributed by atoms with Gasteiger partial charge in [0.15, 0.2) is 0 Å². The largest absolute Gasteiger partial charge is 0.401 e. The van der Waals surface area contributed by atoms with Crippen molar-refractivity contribution in [2.24, 2.45) is 5.73 Å². The van der Waals surface area contributed by atoms with Crippen LogP contribution in [-0.4, -0.2) is 12.8 Å². The number of hydrogen-bond donors (Lipinski definition) is 2. The molecule has 0 aromatic carbocycles. The molecule has 0 unspecified atom stereocenters. The molecule has 1 rings (SSSR count). The highest BCUT2D eigenvalue weighted by Crippen LogP contribution is 2.18. The van der Waals surface area contributed by atoms with Crippen LogP contribution >= 0.6 is 11.6 Å². The normalized spacial score (nSPS) is 16.0. The maximum Gasteiger partial charge on any atom is 0.142 e. The van der Waals surface area contributed by atoms with Gasteiger partial charge in [-0.3, -0.25) is 4.79 Å². The summed E-state index contributed by atoms with van der Waals surface area (Å²) in [6, 6.07) is 0. The third kappa shape index (κ3) is 10.9. The van der Waals surface area contributed by atoms with Gasteiger partial charge < -0.3 is 11.1 Å². The second kappa shape index (κ2) is 13.5. The Bertz CT molecular complexity index is 409. The molecule has 0 saturated heterocycles. The molecule has 1 aliphatic rings. The predicted octanol–water partition coefficient (Wildman–Crippen LogP) is 4.17. The minimum absolute atomic E-state index is 0.663. The summed E-state index contributed by atoms with van der Waals surface area (Å²) >= 11 is 5.60. The first-order valence-electron chi connectivity index (χ1n) is 7.47. The first-order chi connectivity index (χ1) is 10.2. The minimum Gasteiger partial charge on any atom is -0.401 e. The van der Waals surface area contributed by atoms with Crippen molar-refractivity contribution in [3.63, 3.8) is 0 Å². The van der Waals surface area contributed by atoms with Crippen LogP contribution in [0.5, 0.6) is 0 Å². The van der Waals surface area contributed by atoms with Crippen LogP contribution in [0.15, 0.2) is 46.8 Å². The molecule has 0 fully saturated rings. The van der Waals surface area contributed by atoms with Gasteiger partial charge >= 0.3 is 0 Å². The lowest BCUT2D eigenvalue weighted by molar-refractivity contribution is -0.104. The number of hydrogen-bond acceptors (Lipinski definition) is 3. The summed E-state index contributed by atoms with van der Waals surface area (Å²) in [4.78, 5) is 9.75. The maximum atomic E-state index is 9.75. The predicted molar refractivity (Wildman–Crippen MR) is 91.9 cm³/mol. The van der Waals surface area contributed by atoms with E-state index in [1.807, 2.05) is 6.92 Å². The molecule has 1 aliphatic carbocycles. The van der Waals surface area contributed by atoms with Gasteiger partial charge in [0.05, 0.1) is 0 Å². The van der Waals surface area contributed by atoms with E-state index in [-0.39, 0.29) is 0 Å². The lowest BCUT2D eigenvalue weighted by Crippen LogP contribution is -2.21. The Kier molecular flexibility index (Phi) is 12.5. The SMILES string of the molecule is CCCNC1=C(N)CCCC1.C\C=C(Cl)/C=C\C=C\C=O. The Hall–Kier alpha value is -1.48. The van der Waals surface area contributed by atoms with Crippen LogP contribution in [0.25, 0.3) is 0 Å². The van der Waals surface area contributed by atoms with Gasteiger partial charge in [-0.1, -0.05) is 36.8 Å². The highest BCUT2D eigenvalue weighted by atomic mass is 35.5. The molecule has 3 nitrogen and oxygen atoms in total. The molecule has 21 heavy (non-hydrogen) atoms. The number of allylic oxidation sites excluding steroid dienone is 8. The summed E-state index contributed by atoms with van der Waals surface area (Å²) in [5.74, 6) is 0. The maximum absolute atomic E-state index is 9.75. The second-order valence-corrected chi connectivity index (χ2v) is 5.13. The topological polar surface area (TPSA) is 55.1 Å². The van der Waals surface area contributed by atoms with Gasteiger partial charge in [-0.15, -0.1) is 0 Å². The fourth-order valence-electron chi connectivity index (χ4n) is 1.76. The van der Waals surface area contributed by atoms with Crippen LogP contribution < -0.4 is 11.1 Å². The number of nitrogens with two attached hydrogens (primary N) is 1. The molecule has 0 bridgehead atoms. The molecule has 0 heterocycles. The van der Waals surface area contributed by atoms with E-state index in [1.54, 1.807) is 24.3 Å². The Morgan fingerprint density at radius 3 is 2.57 bits per heavy atom. The summed E-state index contributed by atoms with van der Waals surface area (Å²) in [6.07, 6.45) is 14.9. The summed E-state index contributed by atoms with van der Waals surface area (Å²) < 4.78 is 0. The average molecular weight is 311 g/mol. The van der Waals surface area contributed by atoms with E-state index in [0.717, 1.165) is 25.1 Å². The number of aldehydes is 1. The zero-order valence-electron chi connectivity index (χ0n) is 13.1. The van der Waals surface area contributed by atoms with Gasteiger partial charge in [-0.2, -0.15) is 0 Å². The van der Waals surface area contributed by atoms with E-state index in [2.05, 4.69) is 12.2 Å². The third-order valence-electron chi connectivity index (χ3n) is 2.93. The molecule has 0 atom stereocenters. The average Bonchev–Trinajstić information content (AvgIpc) is 2.51. The van der Waals surface area contributed by atoms with E-state index < -0.39 is 0 Å². The molecule has 4 heteroatoms. The Labute approximate surface area is 133 Å². The van der Waals surface area contributed by atoms with E-state index in [1.165, 1.54) is 31.0 Å². The first-order valence-corrected chi connectivity index (χ1v) is 7.85. The number of nitrogens with one attached hydrogen (secondary N) is 1. The minimum atomic E-state index is 0.663. The monoisotopic (exact) mass is 310 g/mol. The first kappa shape index (κ1) is 19.5. The lowest BCUT2D eigenvalue weighted by Gasteiger charge is -2.18. The molecule has 0 aromatic rings. The van der Waals surface area contributed by atoms with Crippen molar-refractivity contribution < 1.29 is 4.79 Å². The number of halogens is 1. The summed E-state index contributed by atoms with van der Waals surface area (Å²) in [5.41, 5.74) is 8.23. The highest BCUT2D eigenvalue weighted by Gasteiger charge is 2.08. The van der Waals surface area contributed by atoms with Gasteiger partial charge in [0.2, 0.25) is 0 Å². The van der Waals surface area contributed by atoms with Gasteiger partial charge in [0, 0.05) is 23.0 Å². The van der Waals surface area contributed by atoms with E-state index in [9.17, 15) is 4.79 Å². The van der Waals surface area contributed by atoms with Gasteiger partial charge in [0.1, 0.15) is 6.29 Å². The van der Waals surface area contributed by atoms with Crippen LogP contribution in [-0.2, 0) is 4.79 Å². The molecule has 0 radical (unpaired) electrons. The molecule has 3 N–H and O–H groups in total. The standard InChI is InChI=1S/C9H18N2.C8H9ClO/c1-2-7-11-9-6-4-3-5-8(9)10;1-2-8(9)6-4-3-5-7-10/h11H,2-7,10H2,1H3;2-7H,1H3/b;5-3+,6-4-,8-2+. The molecular weight excluding hydrogens is 284 g/mol.